The van der Waals surface area contributed by atoms with Crippen molar-refractivity contribution in [2.24, 2.45) is 0 Å². The van der Waals surface area contributed by atoms with Gasteiger partial charge in [0.1, 0.15) is 5.66 Å². The first-order valence-corrected chi connectivity index (χ1v) is 8.95. The Kier molecular flexibility index (Phi) is 3.66. The van der Waals surface area contributed by atoms with Crippen LogP contribution in [0.25, 0.3) is 6.08 Å². The summed E-state index contributed by atoms with van der Waals surface area (Å²) in [5.41, 5.74) is 2.53. The van der Waals surface area contributed by atoms with Crippen molar-refractivity contribution in [1.82, 2.24) is 5.32 Å². The van der Waals surface area contributed by atoms with E-state index in [0.717, 1.165) is 5.56 Å². The number of nitrogens with zero attached hydrogens (tertiary/aromatic N) is 1. The molecule has 1 saturated heterocycles. The first-order chi connectivity index (χ1) is 12.0. The molecule has 0 aliphatic carbocycles. The Morgan fingerprint density at radius 1 is 1.12 bits per heavy atom. The van der Waals surface area contributed by atoms with Crippen molar-refractivity contribution >= 4 is 29.3 Å². The first-order valence-electron chi connectivity index (χ1n) is 8.58. The largest absolute Gasteiger partial charge is 0.344 e. The van der Waals surface area contributed by atoms with Gasteiger partial charge in [-0.1, -0.05) is 67.9 Å². The molecule has 128 valence electrons. The van der Waals surface area contributed by atoms with Gasteiger partial charge in [-0.25, -0.2) is 0 Å². The van der Waals surface area contributed by atoms with Crippen LogP contribution < -0.4 is 10.2 Å². The number of halogens is 1. The molecule has 25 heavy (non-hydrogen) atoms. The van der Waals surface area contributed by atoms with Crippen LogP contribution in [0.5, 0.6) is 0 Å². The summed E-state index contributed by atoms with van der Waals surface area (Å²) in [5.74, 6) is 0.0842. The number of hydrogen-bond donors (Lipinski definition) is 1. The molecule has 2 aromatic carbocycles. The molecular formula is C21H21ClN2O. The highest BCUT2D eigenvalue weighted by Crippen LogP contribution is 2.52. The Bertz CT molecular complexity index is 874. The lowest BCUT2D eigenvalue weighted by Crippen LogP contribution is -2.68. The van der Waals surface area contributed by atoms with Gasteiger partial charge in [-0.05, 0) is 29.3 Å². The molecule has 1 fully saturated rings. The number of carbonyl (C=O) groups excluding carboxylic acids is 1. The molecule has 2 heterocycles. The zero-order valence-corrected chi connectivity index (χ0v) is 15.2. The summed E-state index contributed by atoms with van der Waals surface area (Å²) < 4.78 is 0. The maximum atomic E-state index is 12.3. The second-order valence-corrected chi connectivity index (χ2v) is 7.62. The average Bonchev–Trinajstić information content (AvgIpc) is 2.79. The molecule has 2 aliphatic heterocycles. The van der Waals surface area contributed by atoms with E-state index in [1.807, 2.05) is 30.3 Å². The fraction of sp³-hybridized carbons (Fsp3) is 0.286. The van der Waals surface area contributed by atoms with Crippen LogP contribution >= 0.6 is 11.6 Å². The highest BCUT2D eigenvalue weighted by Gasteiger charge is 2.57. The Labute approximate surface area is 153 Å². The van der Waals surface area contributed by atoms with E-state index in [4.69, 9.17) is 11.6 Å². The van der Waals surface area contributed by atoms with Crippen molar-refractivity contribution in [3.63, 3.8) is 0 Å². The van der Waals surface area contributed by atoms with Crippen LogP contribution in [0.4, 0.5) is 5.69 Å². The number of hydrogen-bond acceptors (Lipinski definition) is 2. The van der Waals surface area contributed by atoms with Crippen molar-refractivity contribution in [3.8, 4) is 0 Å². The van der Waals surface area contributed by atoms with Crippen molar-refractivity contribution in [3.05, 3.63) is 70.8 Å². The standard InChI is InChI=1S/C21H21ClN2O/c1-20(2)16-8-4-6-10-18(16)24-14-12-19(25)23-21(20,24)13-11-15-7-3-5-9-17(15)22/h3-11,13H,12,14H2,1-2H3,(H,23,25)/b13-11+/t21-/m1/s1. The Morgan fingerprint density at radius 3 is 2.64 bits per heavy atom. The van der Waals surface area contributed by atoms with E-state index in [1.165, 1.54) is 11.3 Å². The highest BCUT2D eigenvalue weighted by molar-refractivity contribution is 6.32. The molecule has 1 N–H and O–H groups in total. The molecule has 3 nitrogen and oxygen atoms in total. The van der Waals surface area contributed by atoms with Gasteiger partial charge in [-0.15, -0.1) is 0 Å². The lowest BCUT2D eigenvalue weighted by molar-refractivity contribution is -0.124. The number of carbonyl (C=O) groups is 1. The number of anilines is 1. The SMILES string of the molecule is CC1(C)c2ccccc2N2CCC(=O)N[C@]21/C=C/c1ccccc1Cl. The first kappa shape index (κ1) is 16.2. The summed E-state index contributed by atoms with van der Waals surface area (Å²) in [4.78, 5) is 14.6. The molecular weight excluding hydrogens is 332 g/mol. The lowest BCUT2D eigenvalue weighted by Gasteiger charge is -2.49. The summed E-state index contributed by atoms with van der Waals surface area (Å²) in [7, 11) is 0. The van der Waals surface area contributed by atoms with Crippen LogP contribution in [0.2, 0.25) is 5.02 Å². The molecule has 2 aromatic rings. The molecule has 1 amide bonds. The van der Waals surface area contributed by atoms with E-state index in [1.54, 1.807) is 0 Å². The smallest absolute Gasteiger partial charge is 0.223 e. The van der Waals surface area contributed by atoms with Gasteiger partial charge in [-0.2, -0.15) is 0 Å². The van der Waals surface area contributed by atoms with Gasteiger partial charge in [-0.3, -0.25) is 4.79 Å². The van der Waals surface area contributed by atoms with E-state index in [0.29, 0.717) is 18.0 Å². The quantitative estimate of drug-likeness (QED) is 0.870. The third-order valence-corrected chi connectivity index (χ3v) is 5.89. The Balaban J connectivity index is 1.86. The van der Waals surface area contributed by atoms with Crippen molar-refractivity contribution < 1.29 is 4.79 Å². The number of fused-ring (bicyclic) bond motifs is 3. The average molecular weight is 353 g/mol. The molecule has 0 unspecified atom stereocenters. The van der Waals surface area contributed by atoms with Crippen LogP contribution in [-0.4, -0.2) is 18.1 Å². The summed E-state index contributed by atoms with van der Waals surface area (Å²) >= 11 is 6.32. The van der Waals surface area contributed by atoms with Gasteiger partial charge < -0.3 is 10.2 Å². The zero-order valence-electron chi connectivity index (χ0n) is 14.4. The number of rotatable bonds is 2. The van der Waals surface area contributed by atoms with Crippen molar-refractivity contribution in [2.75, 3.05) is 11.4 Å². The van der Waals surface area contributed by atoms with Gasteiger partial charge in [0.2, 0.25) is 5.91 Å². The van der Waals surface area contributed by atoms with Crippen LogP contribution in [-0.2, 0) is 10.2 Å². The van der Waals surface area contributed by atoms with Crippen LogP contribution in [0.3, 0.4) is 0 Å². The summed E-state index contributed by atoms with van der Waals surface area (Å²) in [5, 5.41) is 3.98. The van der Waals surface area contributed by atoms with Gasteiger partial charge in [0.05, 0.1) is 0 Å². The molecule has 2 aliphatic rings. The summed E-state index contributed by atoms with van der Waals surface area (Å²) in [6, 6.07) is 16.2. The molecule has 0 spiro atoms. The minimum atomic E-state index is -0.592. The van der Waals surface area contributed by atoms with Crippen molar-refractivity contribution in [1.29, 1.82) is 0 Å². The van der Waals surface area contributed by atoms with Gasteiger partial charge in [0.15, 0.2) is 0 Å². The zero-order chi connectivity index (χ0) is 17.7. The predicted molar refractivity (Wildman–Crippen MR) is 103 cm³/mol. The number of amides is 1. The minimum Gasteiger partial charge on any atom is -0.344 e. The van der Waals surface area contributed by atoms with Gasteiger partial charge in [0.25, 0.3) is 0 Å². The van der Waals surface area contributed by atoms with Crippen LogP contribution in [0.1, 0.15) is 31.4 Å². The highest BCUT2D eigenvalue weighted by atomic mass is 35.5. The molecule has 0 saturated carbocycles. The lowest BCUT2D eigenvalue weighted by atomic mass is 9.74. The molecule has 0 bridgehead atoms. The van der Waals surface area contributed by atoms with Crippen LogP contribution in [0.15, 0.2) is 54.6 Å². The summed E-state index contributed by atoms with van der Waals surface area (Å²) in [6.07, 6.45) is 4.63. The third kappa shape index (κ3) is 2.30. The summed E-state index contributed by atoms with van der Waals surface area (Å²) in [6.45, 7) is 5.09. The third-order valence-electron chi connectivity index (χ3n) is 5.55. The Morgan fingerprint density at radius 2 is 1.84 bits per heavy atom. The molecule has 0 radical (unpaired) electrons. The van der Waals surface area contributed by atoms with Crippen molar-refractivity contribution in [2.45, 2.75) is 31.3 Å². The van der Waals surface area contributed by atoms with E-state index < -0.39 is 5.66 Å². The topological polar surface area (TPSA) is 32.3 Å². The minimum absolute atomic E-state index is 0.0842. The molecule has 4 heteroatoms. The van der Waals surface area contributed by atoms with Crippen LogP contribution in [0, 0.1) is 0 Å². The fourth-order valence-corrected chi connectivity index (χ4v) is 4.34. The Hall–Kier alpha value is -2.26. The van der Waals surface area contributed by atoms with E-state index in [2.05, 4.69) is 54.4 Å². The predicted octanol–water partition coefficient (Wildman–Crippen LogP) is 4.37. The second kappa shape index (κ2) is 5.63. The normalized spacial score (nSPS) is 24.1. The van der Waals surface area contributed by atoms with E-state index >= 15 is 0 Å². The number of para-hydroxylation sites is 1. The van der Waals surface area contributed by atoms with Gasteiger partial charge in [0, 0.05) is 29.1 Å². The maximum absolute atomic E-state index is 12.3. The maximum Gasteiger partial charge on any atom is 0.223 e. The second-order valence-electron chi connectivity index (χ2n) is 7.21. The van der Waals surface area contributed by atoms with E-state index in [-0.39, 0.29) is 11.3 Å². The molecule has 0 aromatic heterocycles. The van der Waals surface area contributed by atoms with Gasteiger partial charge >= 0.3 is 0 Å². The molecule has 1 atom stereocenters. The monoisotopic (exact) mass is 352 g/mol. The van der Waals surface area contributed by atoms with E-state index in [9.17, 15) is 4.79 Å². The number of benzene rings is 2. The fourth-order valence-electron chi connectivity index (χ4n) is 4.14. The number of nitrogens with one attached hydrogen (secondary N) is 1. The molecule has 4 rings (SSSR count).